The molecule has 0 bridgehead atoms. The second-order valence-corrected chi connectivity index (χ2v) is 5.85. The molecule has 1 saturated carbocycles. The lowest BCUT2D eigenvalue weighted by Gasteiger charge is -2.27. The lowest BCUT2D eigenvalue weighted by molar-refractivity contribution is -0.274. The van der Waals surface area contributed by atoms with E-state index in [2.05, 4.69) is 15.6 Å². The highest BCUT2D eigenvalue weighted by molar-refractivity contribution is 5.96. The standard InChI is InChI=1S/C16H17F3N2O5/c17-16(18,19)26-10-7-5-9(6-8-10)13(22)20-21-14(23)11-3-1-2-4-12(11)15(24)25/h5-8,11-12H,1-4H2,(H,20,22)(H,21,23)(H,24,25). The molecule has 142 valence electrons. The number of hydrogen-bond acceptors (Lipinski definition) is 4. The van der Waals surface area contributed by atoms with Crippen molar-refractivity contribution in [2.75, 3.05) is 0 Å². The molecule has 10 heteroatoms. The third kappa shape index (κ3) is 5.36. The Morgan fingerprint density at radius 2 is 1.58 bits per heavy atom. The zero-order valence-corrected chi connectivity index (χ0v) is 13.5. The predicted octanol–water partition coefficient (Wildman–Crippen LogP) is 2.24. The maximum absolute atomic E-state index is 12.1. The second-order valence-electron chi connectivity index (χ2n) is 5.85. The molecule has 2 atom stereocenters. The van der Waals surface area contributed by atoms with E-state index in [4.69, 9.17) is 5.11 Å². The molecule has 1 aromatic rings. The van der Waals surface area contributed by atoms with Crippen LogP contribution in [0, 0.1) is 11.8 Å². The number of aliphatic carboxylic acids is 1. The molecule has 0 aromatic heterocycles. The van der Waals surface area contributed by atoms with Crippen molar-refractivity contribution < 1.29 is 37.4 Å². The Hall–Kier alpha value is -2.78. The number of benzene rings is 1. The SMILES string of the molecule is O=C(NNC(=O)C1CCCCC1C(=O)O)c1ccc(OC(F)(F)F)cc1. The van der Waals surface area contributed by atoms with E-state index in [9.17, 15) is 27.6 Å². The average Bonchev–Trinajstić information content (AvgIpc) is 2.58. The summed E-state index contributed by atoms with van der Waals surface area (Å²) < 4.78 is 39.9. The van der Waals surface area contributed by atoms with E-state index >= 15 is 0 Å². The molecule has 2 amide bonds. The molecule has 3 N–H and O–H groups in total. The summed E-state index contributed by atoms with van der Waals surface area (Å²) in [6.07, 6.45) is -2.60. The first-order valence-corrected chi connectivity index (χ1v) is 7.86. The molecule has 26 heavy (non-hydrogen) atoms. The number of ether oxygens (including phenoxy) is 1. The molecule has 0 saturated heterocycles. The Morgan fingerprint density at radius 1 is 1.00 bits per heavy atom. The first-order chi connectivity index (χ1) is 12.2. The van der Waals surface area contributed by atoms with E-state index in [-0.39, 0.29) is 5.56 Å². The summed E-state index contributed by atoms with van der Waals surface area (Å²) in [5.41, 5.74) is 4.30. The van der Waals surface area contributed by atoms with Gasteiger partial charge in [-0.15, -0.1) is 13.2 Å². The summed E-state index contributed by atoms with van der Waals surface area (Å²) in [6.45, 7) is 0. The summed E-state index contributed by atoms with van der Waals surface area (Å²) in [6, 6.07) is 4.13. The second kappa shape index (κ2) is 8.07. The Morgan fingerprint density at radius 3 is 2.12 bits per heavy atom. The van der Waals surface area contributed by atoms with Crippen LogP contribution in [0.25, 0.3) is 0 Å². The number of nitrogens with one attached hydrogen (secondary N) is 2. The van der Waals surface area contributed by atoms with Gasteiger partial charge in [0.05, 0.1) is 11.8 Å². The van der Waals surface area contributed by atoms with Gasteiger partial charge in [-0.05, 0) is 37.1 Å². The van der Waals surface area contributed by atoms with Gasteiger partial charge < -0.3 is 9.84 Å². The van der Waals surface area contributed by atoms with Crippen molar-refractivity contribution in [1.82, 2.24) is 10.9 Å². The minimum absolute atomic E-state index is 0.00162. The Kier molecular flexibility index (Phi) is 6.06. The first-order valence-electron chi connectivity index (χ1n) is 7.86. The van der Waals surface area contributed by atoms with Crippen molar-refractivity contribution >= 4 is 17.8 Å². The van der Waals surface area contributed by atoms with Crippen molar-refractivity contribution in [2.45, 2.75) is 32.0 Å². The first kappa shape index (κ1) is 19.5. The summed E-state index contributed by atoms with van der Waals surface area (Å²) in [5, 5.41) is 9.16. The smallest absolute Gasteiger partial charge is 0.481 e. The van der Waals surface area contributed by atoms with E-state index in [1.807, 2.05) is 0 Å². The predicted molar refractivity (Wildman–Crippen MR) is 81.8 cm³/mol. The minimum atomic E-state index is -4.83. The van der Waals surface area contributed by atoms with E-state index in [1.165, 1.54) is 0 Å². The lowest BCUT2D eigenvalue weighted by Crippen LogP contribution is -2.47. The highest BCUT2D eigenvalue weighted by Crippen LogP contribution is 2.30. The Labute approximate surface area is 146 Å². The molecule has 7 nitrogen and oxygen atoms in total. The zero-order chi connectivity index (χ0) is 19.3. The number of rotatable bonds is 4. The van der Waals surface area contributed by atoms with Gasteiger partial charge in [0.15, 0.2) is 0 Å². The summed E-state index contributed by atoms with van der Waals surface area (Å²) in [5.74, 6) is -4.45. The van der Waals surface area contributed by atoms with Crippen molar-refractivity contribution in [1.29, 1.82) is 0 Å². The van der Waals surface area contributed by atoms with Gasteiger partial charge in [-0.25, -0.2) is 0 Å². The number of alkyl halides is 3. The number of carbonyl (C=O) groups excluding carboxylic acids is 2. The number of hydrogen-bond donors (Lipinski definition) is 3. The maximum atomic E-state index is 12.1. The monoisotopic (exact) mass is 374 g/mol. The van der Waals surface area contributed by atoms with Crippen molar-refractivity contribution in [3.05, 3.63) is 29.8 Å². The van der Waals surface area contributed by atoms with Crippen molar-refractivity contribution in [2.24, 2.45) is 11.8 Å². The molecule has 0 aliphatic heterocycles. The highest BCUT2D eigenvalue weighted by Gasteiger charge is 2.36. The number of hydrazine groups is 1. The third-order valence-corrected chi connectivity index (χ3v) is 4.07. The molecule has 2 rings (SSSR count). The Bertz CT molecular complexity index is 675. The number of amides is 2. The topological polar surface area (TPSA) is 105 Å². The largest absolute Gasteiger partial charge is 0.573 e. The fourth-order valence-electron chi connectivity index (χ4n) is 2.83. The fourth-order valence-corrected chi connectivity index (χ4v) is 2.83. The lowest BCUT2D eigenvalue weighted by atomic mass is 9.79. The molecule has 1 aromatic carbocycles. The van der Waals surface area contributed by atoms with Crippen LogP contribution >= 0.6 is 0 Å². The summed E-state index contributed by atoms with van der Waals surface area (Å²) >= 11 is 0. The van der Waals surface area contributed by atoms with Crippen LogP contribution < -0.4 is 15.6 Å². The van der Waals surface area contributed by atoms with Crippen molar-refractivity contribution in [3.8, 4) is 5.75 Å². The van der Waals surface area contributed by atoms with Gasteiger partial charge in [0, 0.05) is 5.56 Å². The number of carbonyl (C=O) groups is 3. The van der Waals surface area contributed by atoms with E-state index in [0.717, 1.165) is 37.1 Å². The molecule has 0 radical (unpaired) electrons. The molecule has 1 fully saturated rings. The zero-order valence-electron chi connectivity index (χ0n) is 13.5. The van der Waals surface area contributed by atoms with Gasteiger partial charge in [0.1, 0.15) is 5.75 Å². The quantitative estimate of drug-likeness (QED) is 0.701. The maximum Gasteiger partial charge on any atom is 0.573 e. The molecule has 1 aliphatic rings. The van der Waals surface area contributed by atoms with Gasteiger partial charge >= 0.3 is 12.3 Å². The summed E-state index contributed by atoms with van der Waals surface area (Å²) in [7, 11) is 0. The molecule has 2 unspecified atom stereocenters. The van der Waals surface area contributed by atoms with Gasteiger partial charge in [-0.1, -0.05) is 12.8 Å². The summed E-state index contributed by atoms with van der Waals surface area (Å²) in [4.78, 5) is 35.3. The number of carboxylic acid groups (broad SMARTS) is 1. The molecular weight excluding hydrogens is 357 g/mol. The fraction of sp³-hybridized carbons (Fsp3) is 0.438. The normalized spacial score (nSPS) is 20.1. The van der Waals surface area contributed by atoms with E-state index in [1.54, 1.807) is 0 Å². The van der Waals surface area contributed by atoms with Crippen molar-refractivity contribution in [3.63, 3.8) is 0 Å². The van der Waals surface area contributed by atoms with Crippen LogP contribution in [-0.4, -0.2) is 29.3 Å². The van der Waals surface area contributed by atoms with Crippen LogP contribution in [0.2, 0.25) is 0 Å². The van der Waals surface area contributed by atoms with Crippen LogP contribution in [0.5, 0.6) is 5.75 Å². The minimum Gasteiger partial charge on any atom is -0.481 e. The highest BCUT2D eigenvalue weighted by atomic mass is 19.4. The van der Waals surface area contributed by atoms with Crippen LogP contribution in [0.15, 0.2) is 24.3 Å². The van der Waals surface area contributed by atoms with Gasteiger partial charge in [0.25, 0.3) is 5.91 Å². The van der Waals surface area contributed by atoms with Crippen LogP contribution in [0.1, 0.15) is 36.0 Å². The van der Waals surface area contributed by atoms with E-state index < -0.39 is 41.7 Å². The molecule has 0 spiro atoms. The van der Waals surface area contributed by atoms with Crippen LogP contribution in [0.4, 0.5) is 13.2 Å². The average molecular weight is 374 g/mol. The third-order valence-electron chi connectivity index (χ3n) is 4.07. The number of halogens is 3. The van der Waals surface area contributed by atoms with Gasteiger partial charge in [-0.3, -0.25) is 25.2 Å². The molecule has 0 heterocycles. The van der Waals surface area contributed by atoms with Crippen LogP contribution in [-0.2, 0) is 9.59 Å². The molecular formula is C16H17F3N2O5. The molecule has 1 aliphatic carbocycles. The number of carboxylic acids is 1. The van der Waals surface area contributed by atoms with Crippen LogP contribution in [0.3, 0.4) is 0 Å². The van der Waals surface area contributed by atoms with Gasteiger partial charge in [-0.2, -0.15) is 0 Å². The van der Waals surface area contributed by atoms with Gasteiger partial charge in [0.2, 0.25) is 5.91 Å². The van der Waals surface area contributed by atoms with E-state index in [0.29, 0.717) is 12.8 Å². The Balaban J connectivity index is 1.91.